The van der Waals surface area contributed by atoms with Gasteiger partial charge in [0.1, 0.15) is 5.75 Å². The number of esters is 1. The highest BCUT2D eigenvalue weighted by Gasteiger charge is 2.34. The first-order valence-electron chi connectivity index (χ1n) is 8.87. The molecule has 1 aliphatic rings. The summed E-state index contributed by atoms with van der Waals surface area (Å²) in [5.41, 5.74) is 2.95. The topological polar surface area (TPSA) is 90.0 Å². The van der Waals surface area contributed by atoms with Crippen LogP contribution in [0, 0.1) is 20.8 Å². The fourth-order valence-electron chi connectivity index (χ4n) is 3.35. The average molecular weight is 397 g/mol. The minimum atomic E-state index is -3.09. The molecule has 27 heavy (non-hydrogen) atoms. The number of aryl methyl sites for hydroxylation is 3. The number of rotatable bonds is 6. The van der Waals surface area contributed by atoms with Crippen molar-refractivity contribution in [3.05, 3.63) is 28.8 Å². The Bertz CT molecular complexity index is 810. The van der Waals surface area contributed by atoms with Gasteiger partial charge in [-0.15, -0.1) is 0 Å². The molecule has 0 N–H and O–H groups in total. The SMILES string of the molecule is Cc1cc(C)c(OCC(=O)O[C@@H](C)C(=O)N(C)[C@@H]2CCS(=O)(=O)C2)c(C)c1. The van der Waals surface area contributed by atoms with Crippen molar-refractivity contribution < 1.29 is 27.5 Å². The van der Waals surface area contributed by atoms with Crippen LogP contribution in [-0.2, 0) is 24.2 Å². The lowest BCUT2D eigenvalue weighted by molar-refractivity contribution is -0.160. The molecule has 1 heterocycles. The van der Waals surface area contributed by atoms with Crippen LogP contribution in [-0.4, -0.2) is 62.5 Å². The fraction of sp³-hybridized carbons (Fsp3) is 0.579. The van der Waals surface area contributed by atoms with Crippen LogP contribution in [0.2, 0.25) is 0 Å². The summed E-state index contributed by atoms with van der Waals surface area (Å²) in [5.74, 6) is -0.419. The van der Waals surface area contributed by atoms with E-state index in [1.807, 2.05) is 32.9 Å². The molecule has 0 aromatic heterocycles. The molecular weight excluding hydrogens is 370 g/mol. The molecule has 2 rings (SSSR count). The molecule has 1 aromatic carbocycles. The summed E-state index contributed by atoms with van der Waals surface area (Å²) in [6.07, 6.45) is -0.602. The molecule has 8 heteroatoms. The van der Waals surface area contributed by atoms with E-state index < -0.39 is 27.8 Å². The molecule has 0 unspecified atom stereocenters. The summed E-state index contributed by atoms with van der Waals surface area (Å²) >= 11 is 0. The number of ether oxygens (including phenoxy) is 2. The van der Waals surface area contributed by atoms with Gasteiger partial charge in [0.15, 0.2) is 22.5 Å². The van der Waals surface area contributed by atoms with Crippen LogP contribution in [0.5, 0.6) is 5.75 Å². The van der Waals surface area contributed by atoms with Gasteiger partial charge in [-0.1, -0.05) is 17.7 Å². The quantitative estimate of drug-likeness (QED) is 0.677. The highest BCUT2D eigenvalue weighted by atomic mass is 32.2. The molecule has 2 atom stereocenters. The van der Waals surface area contributed by atoms with Crippen LogP contribution < -0.4 is 4.74 Å². The highest BCUT2D eigenvalue weighted by Crippen LogP contribution is 2.24. The Morgan fingerprint density at radius 2 is 1.81 bits per heavy atom. The Morgan fingerprint density at radius 3 is 2.33 bits per heavy atom. The van der Waals surface area contributed by atoms with Gasteiger partial charge >= 0.3 is 5.97 Å². The summed E-state index contributed by atoms with van der Waals surface area (Å²) in [6.45, 7) is 6.96. The summed E-state index contributed by atoms with van der Waals surface area (Å²) in [5, 5.41) is 0. The molecular formula is C19H27NO6S. The highest BCUT2D eigenvalue weighted by molar-refractivity contribution is 7.91. The van der Waals surface area contributed by atoms with Gasteiger partial charge in [-0.25, -0.2) is 13.2 Å². The molecule has 1 aromatic rings. The number of carbonyl (C=O) groups is 2. The number of likely N-dealkylation sites (N-methyl/N-ethyl adjacent to an activating group) is 1. The van der Waals surface area contributed by atoms with Crippen molar-refractivity contribution in [2.75, 3.05) is 25.2 Å². The Balaban J connectivity index is 1.89. The van der Waals surface area contributed by atoms with E-state index in [9.17, 15) is 18.0 Å². The molecule has 1 aliphatic heterocycles. The molecule has 0 aliphatic carbocycles. The van der Waals surface area contributed by atoms with E-state index in [-0.39, 0.29) is 24.2 Å². The minimum absolute atomic E-state index is 0.0506. The summed E-state index contributed by atoms with van der Waals surface area (Å²) in [6, 6.07) is 3.55. The Labute approximate surface area is 160 Å². The Kier molecular flexibility index (Phi) is 6.51. The molecule has 0 radical (unpaired) electrons. The second-order valence-corrected chi connectivity index (χ2v) is 9.38. The van der Waals surface area contributed by atoms with Crippen LogP contribution in [0.4, 0.5) is 0 Å². The number of amides is 1. The van der Waals surface area contributed by atoms with Gasteiger partial charge in [0.2, 0.25) is 0 Å². The number of sulfone groups is 1. The van der Waals surface area contributed by atoms with Crippen molar-refractivity contribution in [1.82, 2.24) is 4.90 Å². The standard InChI is InChI=1S/C19H27NO6S/c1-12-8-13(2)18(14(3)9-12)25-10-17(21)26-15(4)19(22)20(5)16-6-7-27(23,24)11-16/h8-9,15-16H,6-7,10-11H2,1-5H3/t15-,16+/m0/s1. The van der Waals surface area contributed by atoms with E-state index in [0.717, 1.165) is 16.7 Å². The van der Waals surface area contributed by atoms with E-state index in [1.165, 1.54) is 18.9 Å². The predicted octanol–water partition coefficient (Wildman–Crippen LogP) is 1.57. The number of hydrogen-bond acceptors (Lipinski definition) is 6. The Hall–Kier alpha value is -2.09. The van der Waals surface area contributed by atoms with Gasteiger partial charge in [0, 0.05) is 13.1 Å². The van der Waals surface area contributed by atoms with Crippen LogP contribution in [0.3, 0.4) is 0 Å². The number of benzene rings is 1. The van der Waals surface area contributed by atoms with Crippen molar-refractivity contribution in [1.29, 1.82) is 0 Å². The van der Waals surface area contributed by atoms with Gasteiger partial charge in [-0.3, -0.25) is 4.79 Å². The molecule has 1 amide bonds. The Morgan fingerprint density at radius 1 is 1.22 bits per heavy atom. The van der Waals surface area contributed by atoms with E-state index >= 15 is 0 Å². The molecule has 1 fully saturated rings. The van der Waals surface area contributed by atoms with Crippen LogP contribution in [0.15, 0.2) is 12.1 Å². The predicted molar refractivity (Wildman–Crippen MR) is 102 cm³/mol. The monoisotopic (exact) mass is 397 g/mol. The van der Waals surface area contributed by atoms with Gasteiger partial charge in [-0.2, -0.15) is 0 Å². The maximum Gasteiger partial charge on any atom is 0.344 e. The van der Waals surface area contributed by atoms with Crippen LogP contribution in [0.25, 0.3) is 0 Å². The van der Waals surface area contributed by atoms with E-state index in [4.69, 9.17) is 9.47 Å². The average Bonchev–Trinajstić information content (AvgIpc) is 2.92. The molecule has 7 nitrogen and oxygen atoms in total. The molecule has 1 saturated heterocycles. The van der Waals surface area contributed by atoms with E-state index in [0.29, 0.717) is 12.2 Å². The van der Waals surface area contributed by atoms with Crippen LogP contribution in [0.1, 0.15) is 30.0 Å². The van der Waals surface area contributed by atoms with Gasteiger partial charge in [-0.05, 0) is 45.2 Å². The third-order valence-corrected chi connectivity index (χ3v) is 6.45. The second-order valence-electron chi connectivity index (χ2n) is 7.15. The zero-order valence-electron chi connectivity index (χ0n) is 16.4. The first-order chi connectivity index (χ1) is 12.5. The first-order valence-corrected chi connectivity index (χ1v) is 10.7. The lowest BCUT2D eigenvalue weighted by Gasteiger charge is -2.26. The van der Waals surface area contributed by atoms with Crippen molar-refractivity contribution in [3.8, 4) is 5.75 Å². The molecule has 0 bridgehead atoms. The summed E-state index contributed by atoms with van der Waals surface area (Å²) < 4.78 is 33.9. The number of nitrogens with zero attached hydrogens (tertiary/aromatic N) is 1. The zero-order chi connectivity index (χ0) is 20.4. The van der Waals surface area contributed by atoms with E-state index in [2.05, 4.69) is 0 Å². The van der Waals surface area contributed by atoms with Gasteiger partial charge in [0.05, 0.1) is 11.5 Å². The third-order valence-electron chi connectivity index (χ3n) is 4.70. The molecule has 0 spiro atoms. The number of carbonyl (C=O) groups excluding carboxylic acids is 2. The zero-order valence-corrected chi connectivity index (χ0v) is 17.3. The lowest BCUT2D eigenvalue weighted by atomic mass is 10.1. The van der Waals surface area contributed by atoms with Crippen molar-refractivity contribution in [2.24, 2.45) is 0 Å². The lowest BCUT2D eigenvalue weighted by Crippen LogP contribution is -2.44. The largest absolute Gasteiger partial charge is 0.481 e. The second kappa shape index (κ2) is 8.29. The summed E-state index contributed by atoms with van der Waals surface area (Å²) in [4.78, 5) is 25.8. The maximum atomic E-state index is 12.4. The maximum absolute atomic E-state index is 12.4. The van der Waals surface area contributed by atoms with Gasteiger partial charge < -0.3 is 14.4 Å². The third kappa shape index (κ3) is 5.45. The van der Waals surface area contributed by atoms with Crippen molar-refractivity contribution in [3.63, 3.8) is 0 Å². The molecule has 150 valence electrons. The normalized spacial score (nSPS) is 19.4. The molecule has 0 saturated carbocycles. The van der Waals surface area contributed by atoms with Crippen molar-refractivity contribution in [2.45, 2.75) is 46.3 Å². The minimum Gasteiger partial charge on any atom is -0.481 e. The van der Waals surface area contributed by atoms with Crippen LogP contribution >= 0.6 is 0 Å². The van der Waals surface area contributed by atoms with Crippen molar-refractivity contribution >= 4 is 21.7 Å². The smallest absolute Gasteiger partial charge is 0.344 e. The number of hydrogen-bond donors (Lipinski definition) is 0. The fourth-order valence-corrected chi connectivity index (χ4v) is 5.13. The van der Waals surface area contributed by atoms with Gasteiger partial charge in [0.25, 0.3) is 5.91 Å². The summed E-state index contributed by atoms with van der Waals surface area (Å²) in [7, 11) is -1.56. The van der Waals surface area contributed by atoms with E-state index in [1.54, 1.807) is 0 Å². The first kappa shape index (κ1) is 21.2.